The third-order valence-corrected chi connectivity index (χ3v) is 2.93. The summed E-state index contributed by atoms with van der Waals surface area (Å²) in [6, 6.07) is 12.7. The van der Waals surface area contributed by atoms with Crippen LogP contribution in [-0.2, 0) is 0 Å². The number of aromatic hydroxyl groups is 1. The molecule has 5 heteroatoms. The first-order valence-electron chi connectivity index (χ1n) is 5.05. The maximum atomic E-state index is 9.79. The number of fused-ring (bicyclic) bond motifs is 1. The Morgan fingerprint density at radius 2 is 1.65 bits per heavy atom. The second-order valence-electron chi connectivity index (χ2n) is 3.61. The number of aromatic nitrogens is 3. The zero-order chi connectivity index (χ0) is 11.8. The minimum Gasteiger partial charge on any atom is -0.506 e. The lowest BCUT2D eigenvalue weighted by Crippen LogP contribution is -1.98. The van der Waals surface area contributed by atoms with Gasteiger partial charge >= 0.3 is 0 Å². The summed E-state index contributed by atoms with van der Waals surface area (Å²) in [7, 11) is 0. The lowest BCUT2D eigenvalue weighted by molar-refractivity contribution is 0.467. The van der Waals surface area contributed by atoms with Crippen molar-refractivity contribution in [2.75, 3.05) is 0 Å². The van der Waals surface area contributed by atoms with Gasteiger partial charge in [0.1, 0.15) is 22.5 Å². The molecule has 4 nitrogen and oxygen atoms in total. The smallest absolute Gasteiger partial charge is 0.143 e. The average molecular weight is 290 g/mol. The van der Waals surface area contributed by atoms with Crippen LogP contribution in [0.4, 0.5) is 0 Å². The maximum Gasteiger partial charge on any atom is 0.143 e. The van der Waals surface area contributed by atoms with E-state index in [9.17, 15) is 5.11 Å². The average Bonchev–Trinajstić information content (AvgIpc) is 2.75. The fraction of sp³-hybridized carbons (Fsp3) is 0. The van der Waals surface area contributed by atoms with Crippen LogP contribution < -0.4 is 0 Å². The third-order valence-electron chi connectivity index (χ3n) is 2.44. The Bertz CT molecular complexity index is 660. The van der Waals surface area contributed by atoms with E-state index in [2.05, 4.69) is 26.1 Å². The Balaban J connectivity index is 2.23. The summed E-state index contributed by atoms with van der Waals surface area (Å²) in [5.74, 6) is 0.147. The van der Waals surface area contributed by atoms with Crippen LogP contribution in [0.25, 0.3) is 16.7 Å². The largest absolute Gasteiger partial charge is 0.506 e. The van der Waals surface area contributed by atoms with E-state index in [-0.39, 0.29) is 5.75 Å². The van der Waals surface area contributed by atoms with Crippen molar-refractivity contribution in [2.24, 2.45) is 0 Å². The van der Waals surface area contributed by atoms with Gasteiger partial charge in [-0.1, -0.05) is 28.1 Å². The number of hydrogen-bond acceptors (Lipinski definition) is 3. The maximum absolute atomic E-state index is 9.79. The van der Waals surface area contributed by atoms with Crippen LogP contribution in [0.2, 0.25) is 0 Å². The molecule has 0 aliphatic heterocycles. The first-order chi connectivity index (χ1) is 8.24. The minimum atomic E-state index is 0.147. The lowest BCUT2D eigenvalue weighted by Gasteiger charge is -2.02. The normalized spacial score (nSPS) is 10.9. The van der Waals surface area contributed by atoms with Crippen LogP contribution in [0.5, 0.6) is 5.75 Å². The molecule has 0 radical (unpaired) electrons. The molecule has 3 rings (SSSR count). The Labute approximate surface area is 106 Å². The Kier molecular flexibility index (Phi) is 2.33. The van der Waals surface area contributed by atoms with Gasteiger partial charge in [-0.3, -0.25) is 0 Å². The van der Waals surface area contributed by atoms with E-state index in [1.54, 1.807) is 18.2 Å². The molecule has 0 bridgehead atoms. The van der Waals surface area contributed by atoms with Gasteiger partial charge in [0, 0.05) is 4.47 Å². The molecule has 0 aliphatic rings. The molecule has 1 aromatic heterocycles. The molecule has 0 spiro atoms. The Hall–Kier alpha value is -1.88. The van der Waals surface area contributed by atoms with Crippen molar-refractivity contribution < 1.29 is 5.11 Å². The molecule has 2 aromatic carbocycles. The molecule has 0 atom stereocenters. The molecule has 1 heterocycles. The van der Waals surface area contributed by atoms with Crippen molar-refractivity contribution in [3.63, 3.8) is 0 Å². The SMILES string of the molecule is Oc1ccc(Br)cc1-n1nc2ccccc2n1. The highest BCUT2D eigenvalue weighted by molar-refractivity contribution is 9.10. The topological polar surface area (TPSA) is 50.9 Å². The van der Waals surface area contributed by atoms with E-state index < -0.39 is 0 Å². The minimum absolute atomic E-state index is 0.147. The van der Waals surface area contributed by atoms with Crippen LogP contribution in [0.15, 0.2) is 46.9 Å². The molecular formula is C12H8BrN3O. The van der Waals surface area contributed by atoms with Crippen molar-refractivity contribution in [1.82, 2.24) is 15.0 Å². The molecule has 3 aromatic rings. The van der Waals surface area contributed by atoms with Crippen LogP contribution in [0, 0.1) is 0 Å². The number of benzene rings is 2. The van der Waals surface area contributed by atoms with Gasteiger partial charge in [0.25, 0.3) is 0 Å². The van der Waals surface area contributed by atoms with Gasteiger partial charge in [-0.15, -0.1) is 15.0 Å². The number of phenolic OH excluding ortho intramolecular Hbond substituents is 1. The second-order valence-corrected chi connectivity index (χ2v) is 4.53. The van der Waals surface area contributed by atoms with Gasteiger partial charge in [-0.05, 0) is 30.3 Å². The zero-order valence-electron chi connectivity index (χ0n) is 8.71. The fourth-order valence-electron chi connectivity index (χ4n) is 1.62. The highest BCUT2D eigenvalue weighted by atomic mass is 79.9. The molecule has 1 N–H and O–H groups in total. The summed E-state index contributed by atoms with van der Waals surface area (Å²) in [6.45, 7) is 0. The quantitative estimate of drug-likeness (QED) is 0.749. The molecule has 0 aliphatic carbocycles. The number of rotatable bonds is 1. The van der Waals surface area contributed by atoms with Gasteiger partial charge in [0.05, 0.1) is 0 Å². The first-order valence-corrected chi connectivity index (χ1v) is 5.84. The van der Waals surface area contributed by atoms with E-state index in [0.717, 1.165) is 15.5 Å². The fourth-order valence-corrected chi connectivity index (χ4v) is 1.97. The van der Waals surface area contributed by atoms with E-state index in [0.29, 0.717) is 5.69 Å². The summed E-state index contributed by atoms with van der Waals surface area (Å²) in [4.78, 5) is 1.44. The second kappa shape index (κ2) is 3.85. The number of nitrogens with zero attached hydrogens (tertiary/aromatic N) is 3. The van der Waals surface area contributed by atoms with Gasteiger partial charge in [-0.25, -0.2) is 0 Å². The van der Waals surface area contributed by atoms with Gasteiger partial charge in [-0.2, -0.15) is 0 Å². The zero-order valence-corrected chi connectivity index (χ0v) is 10.3. The number of halogens is 1. The monoisotopic (exact) mass is 289 g/mol. The van der Waals surface area contributed by atoms with Crippen LogP contribution >= 0.6 is 15.9 Å². The summed E-state index contributed by atoms with van der Waals surface area (Å²) in [5, 5.41) is 18.4. The molecule has 84 valence electrons. The van der Waals surface area contributed by atoms with E-state index in [1.165, 1.54) is 4.80 Å². The molecule has 17 heavy (non-hydrogen) atoms. The lowest BCUT2D eigenvalue weighted by atomic mass is 10.3. The number of hydrogen-bond donors (Lipinski definition) is 1. The third kappa shape index (κ3) is 1.78. The molecule has 0 amide bonds. The molecular weight excluding hydrogens is 282 g/mol. The van der Waals surface area contributed by atoms with Gasteiger partial charge < -0.3 is 5.11 Å². The van der Waals surface area contributed by atoms with E-state index in [1.807, 2.05) is 24.3 Å². The van der Waals surface area contributed by atoms with Crippen LogP contribution in [-0.4, -0.2) is 20.1 Å². The number of phenols is 1. The summed E-state index contributed by atoms with van der Waals surface area (Å²) in [5.41, 5.74) is 2.15. The predicted molar refractivity (Wildman–Crippen MR) is 68.2 cm³/mol. The molecule has 0 fully saturated rings. The van der Waals surface area contributed by atoms with E-state index in [4.69, 9.17) is 0 Å². The summed E-state index contributed by atoms with van der Waals surface area (Å²) >= 11 is 3.36. The highest BCUT2D eigenvalue weighted by Crippen LogP contribution is 2.25. The van der Waals surface area contributed by atoms with Crippen LogP contribution in [0.1, 0.15) is 0 Å². The van der Waals surface area contributed by atoms with Crippen molar-refractivity contribution in [2.45, 2.75) is 0 Å². The van der Waals surface area contributed by atoms with Crippen molar-refractivity contribution in [1.29, 1.82) is 0 Å². The van der Waals surface area contributed by atoms with Crippen molar-refractivity contribution in [3.05, 3.63) is 46.9 Å². The summed E-state index contributed by atoms with van der Waals surface area (Å²) in [6.07, 6.45) is 0. The molecule has 0 saturated carbocycles. The standard InChI is InChI=1S/C12H8BrN3O/c13-8-5-6-12(17)11(7-8)16-14-9-3-1-2-4-10(9)15-16/h1-7,17H. The molecule has 0 unspecified atom stereocenters. The first kappa shape index (κ1) is 10.3. The Morgan fingerprint density at radius 1 is 1.00 bits per heavy atom. The van der Waals surface area contributed by atoms with Crippen LogP contribution in [0.3, 0.4) is 0 Å². The van der Waals surface area contributed by atoms with E-state index >= 15 is 0 Å². The van der Waals surface area contributed by atoms with Gasteiger partial charge in [0.15, 0.2) is 0 Å². The highest BCUT2D eigenvalue weighted by Gasteiger charge is 2.08. The molecule has 0 saturated heterocycles. The van der Waals surface area contributed by atoms with Crippen molar-refractivity contribution >= 4 is 27.0 Å². The predicted octanol–water partition coefficient (Wildman–Crippen LogP) is 2.89. The van der Waals surface area contributed by atoms with Crippen molar-refractivity contribution in [3.8, 4) is 11.4 Å². The Morgan fingerprint density at radius 3 is 2.29 bits per heavy atom. The summed E-state index contributed by atoms with van der Waals surface area (Å²) < 4.78 is 0.867. The van der Waals surface area contributed by atoms with Gasteiger partial charge in [0.2, 0.25) is 0 Å².